The van der Waals surface area contributed by atoms with Crippen molar-refractivity contribution in [2.75, 3.05) is 13.1 Å². The van der Waals surface area contributed by atoms with Crippen LogP contribution in [0.5, 0.6) is 0 Å². The van der Waals surface area contributed by atoms with Gasteiger partial charge < -0.3 is 10.6 Å². The van der Waals surface area contributed by atoms with Crippen LogP contribution in [0.3, 0.4) is 0 Å². The van der Waals surface area contributed by atoms with Crippen LogP contribution in [0.2, 0.25) is 0 Å². The van der Waals surface area contributed by atoms with Crippen molar-refractivity contribution >= 4 is 29.1 Å². The highest BCUT2D eigenvalue weighted by Gasteiger charge is 2.16. The van der Waals surface area contributed by atoms with Gasteiger partial charge in [0.05, 0.1) is 0 Å². The molecule has 3 nitrogen and oxygen atoms in total. The Kier molecular flexibility index (Phi) is 4.99. The molecule has 1 aliphatic heterocycles. The van der Waals surface area contributed by atoms with Crippen LogP contribution >= 0.6 is 12.4 Å². The molecule has 2 aromatic rings. The number of rotatable bonds is 3. The lowest BCUT2D eigenvalue weighted by molar-refractivity contribution is 0.0952. The van der Waals surface area contributed by atoms with Gasteiger partial charge in [0.1, 0.15) is 0 Å². The minimum atomic E-state index is 0. The van der Waals surface area contributed by atoms with Crippen LogP contribution in [-0.4, -0.2) is 25.0 Å². The van der Waals surface area contributed by atoms with Gasteiger partial charge in [-0.1, -0.05) is 36.4 Å². The summed E-state index contributed by atoms with van der Waals surface area (Å²) < 4.78 is 0. The standard InChI is InChI=1S/C16H18N2O.ClH/c19-16(18-11-13-7-4-10-17-13)15-9-3-6-12-5-1-2-8-14(12)15;/h1-3,5-6,8-9,13,17H,4,7,10-11H2,(H,18,19);1H. The molecule has 106 valence electrons. The Labute approximate surface area is 125 Å². The molecule has 2 N–H and O–H groups in total. The Morgan fingerprint density at radius 1 is 1.20 bits per heavy atom. The van der Waals surface area contributed by atoms with Gasteiger partial charge in [-0.15, -0.1) is 12.4 Å². The fraction of sp³-hybridized carbons (Fsp3) is 0.312. The largest absolute Gasteiger partial charge is 0.350 e. The second-order valence-electron chi connectivity index (χ2n) is 5.03. The third-order valence-electron chi connectivity index (χ3n) is 3.71. The smallest absolute Gasteiger partial charge is 0.251 e. The van der Waals surface area contributed by atoms with Crippen molar-refractivity contribution in [1.29, 1.82) is 0 Å². The van der Waals surface area contributed by atoms with Gasteiger partial charge in [0.2, 0.25) is 0 Å². The average molecular weight is 291 g/mol. The first-order valence-electron chi connectivity index (χ1n) is 6.84. The molecule has 0 bridgehead atoms. The molecule has 1 heterocycles. The van der Waals surface area contributed by atoms with E-state index in [2.05, 4.69) is 10.6 Å². The summed E-state index contributed by atoms with van der Waals surface area (Å²) >= 11 is 0. The fourth-order valence-electron chi connectivity index (χ4n) is 2.67. The van der Waals surface area contributed by atoms with Gasteiger partial charge in [-0.2, -0.15) is 0 Å². The van der Waals surface area contributed by atoms with Crippen LogP contribution in [0.25, 0.3) is 10.8 Å². The SMILES string of the molecule is Cl.O=C(NCC1CCCN1)c1cccc2ccccc12. The predicted molar refractivity (Wildman–Crippen MR) is 84.6 cm³/mol. The van der Waals surface area contributed by atoms with E-state index in [1.165, 1.54) is 6.42 Å². The lowest BCUT2D eigenvalue weighted by Gasteiger charge is -2.12. The number of carbonyl (C=O) groups excluding carboxylic acids is 1. The molecule has 20 heavy (non-hydrogen) atoms. The topological polar surface area (TPSA) is 41.1 Å². The zero-order chi connectivity index (χ0) is 13.1. The molecular weight excluding hydrogens is 272 g/mol. The van der Waals surface area contributed by atoms with Crippen molar-refractivity contribution in [3.05, 3.63) is 48.0 Å². The first-order valence-corrected chi connectivity index (χ1v) is 6.84. The highest BCUT2D eigenvalue weighted by molar-refractivity contribution is 6.06. The molecular formula is C16H19ClN2O. The molecule has 1 fully saturated rings. The summed E-state index contributed by atoms with van der Waals surface area (Å²) in [5.74, 6) is 0.0190. The molecule has 1 saturated heterocycles. The van der Waals surface area contributed by atoms with Gasteiger partial charge in [-0.05, 0) is 36.2 Å². The summed E-state index contributed by atoms with van der Waals surface area (Å²) in [6, 6.07) is 14.3. The maximum absolute atomic E-state index is 12.3. The predicted octanol–water partition coefficient (Wildman–Crippen LogP) is 2.74. The first kappa shape index (κ1) is 14.8. The normalized spacial score (nSPS) is 17.7. The molecule has 3 rings (SSSR count). The Morgan fingerprint density at radius 2 is 2.00 bits per heavy atom. The average Bonchev–Trinajstić information content (AvgIpc) is 2.97. The number of nitrogens with one attached hydrogen (secondary N) is 2. The van der Waals surface area contributed by atoms with Gasteiger partial charge in [0.25, 0.3) is 5.91 Å². The highest BCUT2D eigenvalue weighted by atomic mass is 35.5. The Morgan fingerprint density at radius 3 is 2.80 bits per heavy atom. The van der Waals surface area contributed by atoms with Gasteiger partial charge in [-0.3, -0.25) is 4.79 Å². The third kappa shape index (κ3) is 3.11. The third-order valence-corrected chi connectivity index (χ3v) is 3.71. The van der Waals surface area contributed by atoms with Crippen LogP contribution in [-0.2, 0) is 0 Å². The number of fused-ring (bicyclic) bond motifs is 1. The molecule has 0 aromatic heterocycles. The molecule has 0 aliphatic carbocycles. The van der Waals surface area contributed by atoms with E-state index < -0.39 is 0 Å². The zero-order valence-corrected chi connectivity index (χ0v) is 12.1. The van der Waals surface area contributed by atoms with E-state index in [9.17, 15) is 4.79 Å². The van der Waals surface area contributed by atoms with Crippen LogP contribution < -0.4 is 10.6 Å². The summed E-state index contributed by atoms with van der Waals surface area (Å²) in [5.41, 5.74) is 0.760. The van der Waals surface area contributed by atoms with E-state index in [1.54, 1.807) is 0 Å². The second kappa shape index (κ2) is 6.73. The monoisotopic (exact) mass is 290 g/mol. The van der Waals surface area contributed by atoms with Crippen LogP contribution in [0, 0.1) is 0 Å². The van der Waals surface area contributed by atoms with Crippen molar-refractivity contribution in [3.8, 4) is 0 Å². The van der Waals surface area contributed by atoms with E-state index in [4.69, 9.17) is 0 Å². The number of amides is 1. The molecule has 0 saturated carbocycles. The molecule has 1 aliphatic rings. The Balaban J connectivity index is 0.00000147. The lowest BCUT2D eigenvalue weighted by atomic mass is 10.0. The highest BCUT2D eigenvalue weighted by Crippen LogP contribution is 2.18. The molecule has 1 atom stereocenters. The van der Waals surface area contributed by atoms with E-state index in [0.717, 1.165) is 29.3 Å². The summed E-state index contributed by atoms with van der Waals surface area (Å²) in [6.45, 7) is 1.77. The number of benzene rings is 2. The minimum absolute atomic E-state index is 0. The van der Waals surface area contributed by atoms with E-state index in [-0.39, 0.29) is 18.3 Å². The minimum Gasteiger partial charge on any atom is -0.350 e. The van der Waals surface area contributed by atoms with Crippen LogP contribution in [0.1, 0.15) is 23.2 Å². The van der Waals surface area contributed by atoms with Crippen molar-refractivity contribution < 1.29 is 4.79 Å². The summed E-state index contributed by atoms with van der Waals surface area (Å²) in [4.78, 5) is 12.3. The molecule has 0 spiro atoms. The Bertz CT molecular complexity index is 589. The van der Waals surface area contributed by atoms with Crippen LogP contribution in [0.15, 0.2) is 42.5 Å². The van der Waals surface area contributed by atoms with Gasteiger partial charge in [0.15, 0.2) is 0 Å². The lowest BCUT2D eigenvalue weighted by Crippen LogP contribution is -2.37. The number of halogens is 1. The summed E-state index contributed by atoms with van der Waals surface area (Å²) in [7, 11) is 0. The summed E-state index contributed by atoms with van der Waals surface area (Å²) in [6.07, 6.45) is 2.35. The van der Waals surface area contributed by atoms with Crippen LogP contribution in [0.4, 0.5) is 0 Å². The van der Waals surface area contributed by atoms with E-state index >= 15 is 0 Å². The van der Waals surface area contributed by atoms with Crippen molar-refractivity contribution in [3.63, 3.8) is 0 Å². The number of carbonyl (C=O) groups is 1. The fourth-order valence-corrected chi connectivity index (χ4v) is 2.67. The molecule has 1 amide bonds. The first-order chi connectivity index (χ1) is 9.34. The van der Waals surface area contributed by atoms with E-state index in [1.807, 2.05) is 42.5 Å². The van der Waals surface area contributed by atoms with Crippen molar-refractivity contribution in [2.24, 2.45) is 0 Å². The second-order valence-corrected chi connectivity index (χ2v) is 5.03. The molecule has 1 unspecified atom stereocenters. The maximum atomic E-state index is 12.3. The summed E-state index contributed by atoms with van der Waals surface area (Å²) in [5, 5.41) is 8.54. The maximum Gasteiger partial charge on any atom is 0.251 e. The Hall–Kier alpha value is -1.58. The molecule has 2 aromatic carbocycles. The van der Waals surface area contributed by atoms with Gasteiger partial charge in [0, 0.05) is 18.2 Å². The quantitative estimate of drug-likeness (QED) is 0.913. The van der Waals surface area contributed by atoms with Gasteiger partial charge >= 0.3 is 0 Å². The number of hydrogen-bond donors (Lipinski definition) is 2. The van der Waals surface area contributed by atoms with Crippen molar-refractivity contribution in [1.82, 2.24) is 10.6 Å². The van der Waals surface area contributed by atoms with E-state index in [0.29, 0.717) is 12.6 Å². The molecule has 4 heteroatoms. The molecule has 0 radical (unpaired) electrons. The van der Waals surface area contributed by atoms with Gasteiger partial charge in [-0.25, -0.2) is 0 Å². The zero-order valence-electron chi connectivity index (χ0n) is 11.3. The number of hydrogen-bond acceptors (Lipinski definition) is 2. The van der Waals surface area contributed by atoms with Crippen molar-refractivity contribution in [2.45, 2.75) is 18.9 Å².